The standard InChI is InChI=1S/C19H22N2O/c1-4-6-14(3)21-12-17-10-16(15-7-5-8-20-11-15)9-13(2)18(17)19(21)22/h5,7-12,14,22H,4,6H2,1-3H3. The number of rotatable bonds is 4. The van der Waals surface area contributed by atoms with Gasteiger partial charge in [-0.3, -0.25) is 4.98 Å². The van der Waals surface area contributed by atoms with Gasteiger partial charge < -0.3 is 9.67 Å². The van der Waals surface area contributed by atoms with Gasteiger partial charge in [-0.15, -0.1) is 0 Å². The molecule has 1 N–H and O–H groups in total. The third kappa shape index (κ3) is 2.47. The molecule has 3 aromatic rings. The molecule has 1 atom stereocenters. The van der Waals surface area contributed by atoms with Gasteiger partial charge in [0.25, 0.3) is 0 Å². The van der Waals surface area contributed by atoms with Crippen LogP contribution in [-0.2, 0) is 0 Å². The summed E-state index contributed by atoms with van der Waals surface area (Å²) in [6.45, 7) is 6.37. The van der Waals surface area contributed by atoms with Gasteiger partial charge in [-0.2, -0.15) is 0 Å². The number of benzene rings is 1. The average molecular weight is 294 g/mol. The highest BCUT2D eigenvalue weighted by molar-refractivity contribution is 5.94. The van der Waals surface area contributed by atoms with Gasteiger partial charge in [0.15, 0.2) is 5.88 Å². The van der Waals surface area contributed by atoms with Gasteiger partial charge in [0, 0.05) is 41.0 Å². The molecule has 0 amide bonds. The van der Waals surface area contributed by atoms with Crippen molar-refractivity contribution >= 4 is 10.8 Å². The Bertz CT molecular complexity index is 790. The van der Waals surface area contributed by atoms with Crippen LogP contribution in [0, 0.1) is 6.92 Å². The zero-order valence-corrected chi connectivity index (χ0v) is 13.4. The van der Waals surface area contributed by atoms with Crippen molar-refractivity contribution in [3.63, 3.8) is 0 Å². The zero-order valence-electron chi connectivity index (χ0n) is 13.4. The van der Waals surface area contributed by atoms with Crippen LogP contribution >= 0.6 is 0 Å². The molecular weight excluding hydrogens is 272 g/mol. The molecule has 0 aliphatic heterocycles. The molecule has 3 rings (SSSR count). The lowest BCUT2D eigenvalue weighted by Gasteiger charge is -2.13. The fraction of sp³-hybridized carbons (Fsp3) is 0.316. The van der Waals surface area contributed by atoms with Crippen LogP contribution in [0.5, 0.6) is 5.88 Å². The molecule has 3 nitrogen and oxygen atoms in total. The Kier molecular flexibility index (Phi) is 3.88. The van der Waals surface area contributed by atoms with Gasteiger partial charge in [-0.25, -0.2) is 0 Å². The van der Waals surface area contributed by atoms with E-state index < -0.39 is 0 Å². The van der Waals surface area contributed by atoms with Gasteiger partial charge in [0.05, 0.1) is 0 Å². The third-order valence-electron chi connectivity index (χ3n) is 4.29. The van der Waals surface area contributed by atoms with Crippen LogP contribution in [0.4, 0.5) is 0 Å². The van der Waals surface area contributed by atoms with Crippen molar-refractivity contribution in [2.24, 2.45) is 0 Å². The first-order chi connectivity index (χ1) is 10.6. The van der Waals surface area contributed by atoms with Crippen LogP contribution in [0.2, 0.25) is 0 Å². The minimum Gasteiger partial charge on any atom is -0.494 e. The van der Waals surface area contributed by atoms with Crippen molar-refractivity contribution < 1.29 is 5.11 Å². The third-order valence-corrected chi connectivity index (χ3v) is 4.29. The summed E-state index contributed by atoms with van der Waals surface area (Å²) in [4.78, 5) is 4.19. The van der Waals surface area contributed by atoms with E-state index in [1.54, 1.807) is 6.20 Å². The average Bonchev–Trinajstić information content (AvgIpc) is 2.86. The van der Waals surface area contributed by atoms with E-state index in [9.17, 15) is 5.11 Å². The molecule has 3 heteroatoms. The van der Waals surface area contributed by atoms with Gasteiger partial charge >= 0.3 is 0 Å². The SMILES string of the molecule is CCCC(C)n1cc2cc(-c3cccnc3)cc(C)c2c1O. The molecule has 0 saturated heterocycles. The quantitative estimate of drug-likeness (QED) is 0.728. The summed E-state index contributed by atoms with van der Waals surface area (Å²) in [6, 6.07) is 8.56. The summed E-state index contributed by atoms with van der Waals surface area (Å²) < 4.78 is 1.99. The Hall–Kier alpha value is -2.29. The van der Waals surface area contributed by atoms with Crippen LogP contribution < -0.4 is 0 Å². The summed E-state index contributed by atoms with van der Waals surface area (Å²) in [7, 11) is 0. The van der Waals surface area contributed by atoms with E-state index in [1.165, 1.54) is 0 Å². The predicted octanol–water partition coefficient (Wildman–Crippen LogP) is 5.08. The van der Waals surface area contributed by atoms with E-state index in [0.29, 0.717) is 11.9 Å². The number of aromatic hydroxyl groups is 1. The fourth-order valence-electron chi connectivity index (χ4n) is 3.15. The maximum atomic E-state index is 10.6. The molecule has 0 saturated carbocycles. The first-order valence-corrected chi connectivity index (χ1v) is 7.86. The number of fused-ring (bicyclic) bond motifs is 1. The van der Waals surface area contributed by atoms with E-state index in [1.807, 2.05) is 16.8 Å². The Morgan fingerprint density at radius 1 is 1.27 bits per heavy atom. The van der Waals surface area contributed by atoms with E-state index in [-0.39, 0.29) is 0 Å². The lowest BCUT2D eigenvalue weighted by Crippen LogP contribution is -2.02. The summed E-state index contributed by atoms with van der Waals surface area (Å²) in [5.74, 6) is 0.381. The van der Waals surface area contributed by atoms with E-state index in [0.717, 1.165) is 40.3 Å². The molecule has 0 fully saturated rings. The number of hydrogen-bond acceptors (Lipinski definition) is 2. The number of nitrogens with zero attached hydrogens (tertiary/aromatic N) is 2. The molecule has 1 aromatic carbocycles. The molecule has 0 aliphatic rings. The van der Waals surface area contributed by atoms with Crippen LogP contribution in [-0.4, -0.2) is 14.7 Å². The highest BCUT2D eigenvalue weighted by atomic mass is 16.3. The van der Waals surface area contributed by atoms with E-state index in [4.69, 9.17) is 0 Å². The van der Waals surface area contributed by atoms with Gasteiger partial charge in [0.2, 0.25) is 0 Å². The molecule has 0 bridgehead atoms. The van der Waals surface area contributed by atoms with Crippen molar-refractivity contribution in [1.29, 1.82) is 0 Å². The molecule has 22 heavy (non-hydrogen) atoms. The summed E-state index contributed by atoms with van der Waals surface area (Å²) in [5.41, 5.74) is 3.33. The first-order valence-electron chi connectivity index (χ1n) is 7.86. The number of aromatic nitrogens is 2. The lowest BCUT2D eigenvalue weighted by atomic mass is 10.0. The minimum atomic E-state index is 0.304. The Morgan fingerprint density at radius 3 is 2.77 bits per heavy atom. The highest BCUT2D eigenvalue weighted by Crippen LogP contribution is 2.36. The second-order valence-corrected chi connectivity index (χ2v) is 6.00. The Morgan fingerprint density at radius 2 is 2.09 bits per heavy atom. The van der Waals surface area contributed by atoms with Crippen LogP contribution in [0.15, 0.2) is 42.9 Å². The second-order valence-electron chi connectivity index (χ2n) is 6.00. The zero-order chi connectivity index (χ0) is 15.7. The van der Waals surface area contributed by atoms with E-state index in [2.05, 4.69) is 50.2 Å². The Labute approximate surface area is 131 Å². The number of pyridine rings is 1. The first kappa shape index (κ1) is 14.6. The largest absolute Gasteiger partial charge is 0.494 e. The molecule has 2 aromatic heterocycles. The maximum Gasteiger partial charge on any atom is 0.199 e. The smallest absolute Gasteiger partial charge is 0.199 e. The number of hydrogen-bond donors (Lipinski definition) is 1. The van der Waals surface area contributed by atoms with E-state index >= 15 is 0 Å². The van der Waals surface area contributed by atoms with Crippen LogP contribution in [0.3, 0.4) is 0 Å². The molecule has 0 spiro atoms. The van der Waals surface area contributed by atoms with Crippen LogP contribution in [0.1, 0.15) is 38.3 Å². The van der Waals surface area contributed by atoms with Crippen molar-refractivity contribution in [3.05, 3.63) is 48.4 Å². The van der Waals surface area contributed by atoms with Crippen molar-refractivity contribution in [2.75, 3.05) is 0 Å². The van der Waals surface area contributed by atoms with Gasteiger partial charge in [0.1, 0.15) is 0 Å². The fourth-order valence-corrected chi connectivity index (χ4v) is 3.15. The monoisotopic (exact) mass is 294 g/mol. The maximum absolute atomic E-state index is 10.6. The molecule has 0 radical (unpaired) electrons. The number of aryl methyl sites for hydroxylation is 1. The summed E-state index contributed by atoms with van der Waals surface area (Å²) in [5, 5.41) is 12.6. The summed E-state index contributed by atoms with van der Waals surface area (Å²) >= 11 is 0. The van der Waals surface area contributed by atoms with Gasteiger partial charge in [-0.1, -0.05) is 25.5 Å². The Balaban J connectivity index is 2.15. The topological polar surface area (TPSA) is 38.0 Å². The highest BCUT2D eigenvalue weighted by Gasteiger charge is 2.15. The van der Waals surface area contributed by atoms with Crippen molar-refractivity contribution in [2.45, 2.75) is 39.7 Å². The molecule has 114 valence electrons. The molecule has 0 aliphatic carbocycles. The predicted molar refractivity (Wildman–Crippen MR) is 91.2 cm³/mol. The van der Waals surface area contributed by atoms with Crippen molar-refractivity contribution in [1.82, 2.24) is 9.55 Å². The molecule has 1 unspecified atom stereocenters. The molecule has 2 heterocycles. The van der Waals surface area contributed by atoms with Gasteiger partial charge in [-0.05, 0) is 43.5 Å². The normalized spacial score (nSPS) is 12.7. The summed E-state index contributed by atoms with van der Waals surface area (Å²) in [6.07, 6.45) is 7.89. The molecular formula is C19H22N2O. The second kappa shape index (κ2) is 5.84. The minimum absolute atomic E-state index is 0.304. The van der Waals surface area contributed by atoms with Crippen molar-refractivity contribution in [3.8, 4) is 17.0 Å². The van der Waals surface area contributed by atoms with Crippen LogP contribution in [0.25, 0.3) is 21.9 Å². The lowest BCUT2D eigenvalue weighted by molar-refractivity contribution is 0.384.